The van der Waals surface area contributed by atoms with E-state index in [4.69, 9.17) is 13.9 Å². The van der Waals surface area contributed by atoms with Gasteiger partial charge in [0.15, 0.2) is 36.5 Å². The first-order chi connectivity index (χ1) is 45.5. The highest BCUT2D eigenvalue weighted by atomic mass is 32.2. The fourth-order valence-corrected chi connectivity index (χ4v) is 12.1. The van der Waals surface area contributed by atoms with Crippen LogP contribution >= 0.6 is 0 Å². The van der Waals surface area contributed by atoms with Crippen LogP contribution in [0.5, 0.6) is 11.5 Å². The maximum Gasteiger partial charge on any atom is 0.417 e. The van der Waals surface area contributed by atoms with Gasteiger partial charge in [0.2, 0.25) is 5.91 Å². The average Bonchev–Trinajstić information content (AvgIpc) is 1.60. The van der Waals surface area contributed by atoms with Crippen molar-refractivity contribution in [1.82, 2.24) is 4.98 Å². The number of anilines is 1. The Morgan fingerprint density at radius 3 is 1.48 bits per heavy atom. The van der Waals surface area contributed by atoms with Gasteiger partial charge in [-0.05, 0) is 171 Å². The smallest absolute Gasteiger partial charge is 0.417 e. The first-order valence-corrected chi connectivity index (χ1v) is 34.8. The van der Waals surface area contributed by atoms with E-state index in [0.717, 1.165) is 29.3 Å². The summed E-state index contributed by atoms with van der Waals surface area (Å²) in [7, 11) is -5.87. The van der Waals surface area contributed by atoms with Crippen LogP contribution in [0, 0.1) is 21.7 Å². The number of fused-ring (bicyclic) bond motifs is 5. The van der Waals surface area contributed by atoms with Gasteiger partial charge in [0.25, 0.3) is 0 Å². The van der Waals surface area contributed by atoms with Crippen LogP contribution in [0.4, 0.5) is 14.5 Å². The maximum atomic E-state index is 13.0. The fourth-order valence-electron chi connectivity index (χ4n) is 9.53. The Morgan fingerprint density at radius 2 is 1.01 bits per heavy atom. The van der Waals surface area contributed by atoms with Crippen molar-refractivity contribution in [2.45, 2.75) is 167 Å². The number of hydrogen-bond acceptors (Lipinski definition) is 13. The van der Waals surface area contributed by atoms with Crippen LogP contribution in [-0.4, -0.2) is 63.8 Å². The summed E-state index contributed by atoms with van der Waals surface area (Å²) in [5.74, 6) is -1.29. The first-order valence-electron chi connectivity index (χ1n) is 32.2. The van der Waals surface area contributed by atoms with E-state index >= 15 is 0 Å². The maximum absolute atomic E-state index is 13.0. The number of alkyl halides is 2. The highest BCUT2D eigenvalue weighted by molar-refractivity contribution is 7.97. The molecule has 1 unspecified atom stereocenters. The Kier molecular flexibility index (Phi) is 25.8. The number of H-pyrrole nitrogens is 1. The predicted octanol–water partition coefficient (Wildman–Crippen LogP) is 18.2. The molecule has 0 saturated carbocycles. The molecule has 1 aromatic heterocycles. The van der Waals surface area contributed by atoms with E-state index in [1.165, 1.54) is 56.9 Å². The van der Waals surface area contributed by atoms with Gasteiger partial charge in [-0.3, -0.25) is 24.2 Å². The Labute approximate surface area is 571 Å². The van der Waals surface area contributed by atoms with Crippen LogP contribution < -0.4 is 15.8 Å². The number of oxazole rings is 1. The number of aromatic hydroxyl groups is 1. The van der Waals surface area contributed by atoms with Gasteiger partial charge in [-0.25, -0.2) is 13.2 Å². The Morgan fingerprint density at radius 1 is 0.577 bits per heavy atom. The number of aromatic nitrogens is 1. The zero-order valence-corrected chi connectivity index (χ0v) is 59.5. The molecule has 3 N–H and O–H groups in total. The van der Waals surface area contributed by atoms with Crippen LogP contribution in [0.3, 0.4) is 0 Å². The number of ether oxygens (including phenoxy) is 3. The van der Waals surface area contributed by atoms with E-state index in [2.05, 4.69) is 155 Å². The fraction of sp³-hybridized carbons (Fsp3) is 0.346. The summed E-state index contributed by atoms with van der Waals surface area (Å²) in [5, 5.41) is 9.74. The van der Waals surface area contributed by atoms with Gasteiger partial charge in [0.1, 0.15) is 17.1 Å². The van der Waals surface area contributed by atoms with Crippen LogP contribution in [-0.2, 0) is 49.7 Å². The molecule has 8 aromatic carbocycles. The van der Waals surface area contributed by atoms with Crippen LogP contribution in [0.1, 0.15) is 147 Å². The molecule has 0 bridgehead atoms. The predicted molar refractivity (Wildman–Crippen MR) is 379 cm³/mol. The van der Waals surface area contributed by atoms with Crippen molar-refractivity contribution in [2.24, 2.45) is 21.7 Å². The molecule has 15 nitrogen and oxygen atoms in total. The lowest BCUT2D eigenvalue weighted by atomic mass is 9.82. The molecule has 0 fully saturated rings. The van der Waals surface area contributed by atoms with Crippen molar-refractivity contribution >= 4 is 72.4 Å². The number of phenolic OH excluding ortho intramolecular Hbond substituents is 1. The number of nitrogens with one attached hydrogen (secondary N) is 2. The highest BCUT2D eigenvalue weighted by Gasteiger charge is 2.48. The molecule has 9 aromatic rings. The number of rotatable bonds is 18. The lowest BCUT2D eigenvalue weighted by Crippen LogP contribution is -2.44. The zero-order valence-electron chi connectivity index (χ0n) is 57.9. The number of amides is 1. The molecule has 1 aliphatic rings. The number of carbonyl (C=O) groups is 4. The van der Waals surface area contributed by atoms with Crippen molar-refractivity contribution < 1.29 is 64.7 Å². The number of esters is 3. The van der Waals surface area contributed by atoms with E-state index in [-0.39, 0.29) is 40.4 Å². The summed E-state index contributed by atoms with van der Waals surface area (Å²) in [6, 6.07) is 64.6. The molecule has 0 radical (unpaired) electrons. The molecule has 1 aliphatic carbocycles. The van der Waals surface area contributed by atoms with Gasteiger partial charge in [-0.1, -0.05) is 169 Å². The molecular weight excluding hydrogens is 1270 g/mol. The van der Waals surface area contributed by atoms with Gasteiger partial charge in [0, 0.05) is 33.9 Å². The molecule has 1 heterocycles. The van der Waals surface area contributed by atoms with E-state index in [0.29, 0.717) is 36.6 Å². The zero-order chi connectivity index (χ0) is 71.9. The Balaban J connectivity index is 0.000000193. The molecule has 1 atom stereocenters. The van der Waals surface area contributed by atoms with Crippen molar-refractivity contribution in [2.75, 3.05) is 5.32 Å². The Hall–Kier alpha value is -8.91. The van der Waals surface area contributed by atoms with Crippen molar-refractivity contribution in [1.29, 1.82) is 0 Å². The second-order valence-corrected chi connectivity index (χ2v) is 30.0. The van der Waals surface area contributed by atoms with Gasteiger partial charge < -0.3 is 33.6 Å². The molecule has 0 saturated heterocycles. The minimum atomic E-state index is -5.86. The third-order valence-electron chi connectivity index (χ3n) is 17.5. The van der Waals surface area contributed by atoms with E-state index in [1.807, 2.05) is 100 Å². The highest BCUT2D eigenvalue weighted by Crippen LogP contribution is 2.51. The van der Waals surface area contributed by atoms with Crippen LogP contribution in [0.2, 0.25) is 0 Å². The third-order valence-corrected chi connectivity index (χ3v) is 20.7. The van der Waals surface area contributed by atoms with Crippen LogP contribution in [0.15, 0.2) is 218 Å². The van der Waals surface area contributed by atoms with Gasteiger partial charge >= 0.3 is 28.9 Å². The van der Waals surface area contributed by atoms with E-state index < -0.39 is 60.5 Å². The molecule has 0 aliphatic heterocycles. The molecule has 10 rings (SSSR count). The average molecular weight is 1370 g/mol. The third kappa shape index (κ3) is 19.4. The second-order valence-electron chi connectivity index (χ2n) is 26.6. The number of hydrogen-bond donors (Lipinski definition) is 3. The van der Waals surface area contributed by atoms with Gasteiger partial charge in [-0.15, -0.1) is 0 Å². The monoisotopic (exact) mass is 1360 g/mol. The van der Waals surface area contributed by atoms with Crippen molar-refractivity contribution in [3.05, 3.63) is 216 Å². The summed E-state index contributed by atoms with van der Waals surface area (Å²) in [6.07, 6.45) is 0.235. The van der Waals surface area contributed by atoms with E-state index in [1.54, 1.807) is 31.2 Å². The standard InChI is InChI=1S/C22H26O2.C18H15S.C16H19NO2.C13H15NO4.C9H16F2O5S/c1-6-21(2,3)20(23)24-22(4,5)19-17-13-9-7-11-15(17)16-12-8-10-14-18(16)19;1-4-10-16(11-5-1)19(17-12-6-2-7-13-17)18-14-8-3-9-15-18;1-4-16(2,3)15(19)17-13-9-5-8-12-11(13)7-6-10-14(12)18;1-4-13(2,3)11(15)17-8-5-6-9-10(7-8)18-12(16)14-9;1-5-8(3,4)7(12)16-6(2)9(10,11)17(13,14)15/h7-14,19H,6H2,1-5H3;1-15H;5-10,18H,4H2,1-3H3,(H,17,19);5-7H,4H2,1-3H3,(H,14,16);6H,5H2,1-4H3,(H,13,14,15)/q;+1;;;/p-1. The van der Waals surface area contributed by atoms with Gasteiger partial charge in [0.05, 0.1) is 32.7 Å². The number of carbonyl (C=O) groups excluding carboxylic acids is 4. The normalized spacial score (nSPS) is 12.7. The van der Waals surface area contributed by atoms with Crippen LogP contribution in [0.25, 0.3) is 33.0 Å². The number of phenols is 1. The molecule has 97 heavy (non-hydrogen) atoms. The number of halogens is 2. The molecule has 516 valence electrons. The molecule has 1 amide bonds. The quantitative estimate of drug-likeness (QED) is 0.0314. The minimum absolute atomic E-state index is 0.00848. The topological polar surface area (TPSA) is 231 Å². The number of aromatic amines is 1. The lowest BCUT2D eigenvalue weighted by Gasteiger charge is -2.36. The van der Waals surface area contributed by atoms with Crippen molar-refractivity contribution in [3.63, 3.8) is 0 Å². The first kappa shape index (κ1) is 77.1. The Bertz CT molecular complexity index is 4180. The summed E-state index contributed by atoms with van der Waals surface area (Å²) in [6.45, 7) is 26.6. The lowest BCUT2D eigenvalue weighted by molar-refractivity contribution is -0.170. The molecular formula is C78H90F2N2O13S2. The van der Waals surface area contributed by atoms with Crippen molar-refractivity contribution in [3.8, 4) is 22.6 Å². The summed E-state index contributed by atoms with van der Waals surface area (Å²) in [5.41, 5.74) is 3.64. The second kappa shape index (κ2) is 32.4. The van der Waals surface area contributed by atoms with E-state index in [9.17, 15) is 50.8 Å². The SMILES string of the molecule is CCC(C)(C)C(=O)Nc1cccc2c(O)cccc12.CCC(C)(C)C(=O)OC(C)(C)C1c2ccccc2-c2ccccc21.CCC(C)(C)C(=O)OC(C)C(F)(F)S(=O)(=O)[O-].CCC(C)(C)C(=O)Oc1ccc2[nH]c(=O)oc2c1.c1ccc([S+](c2ccccc2)c2ccccc2)cc1. The summed E-state index contributed by atoms with van der Waals surface area (Å²) >= 11 is 0. The molecule has 0 spiro atoms. The minimum Gasteiger partial charge on any atom is -0.743 e. The molecule has 19 heteroatoms. The number of benzene rings is 8. The summed E-state index contributed by atoms with van der Waals surface area (Å²) < 4.78 is 77.4. The summed E-state index contributed by atoms with van der Waals surface area (Å²) in [4.78, 5) is 65.8. The van der Waals surface area contributed by atoms with Gasteiger partial charge in [-0.2, -0.15) is 8.78 Å². The largest absolute Gasteiger partial charge is 0.743 e.